The van der Waals surface area contributed by atoms with E-state index in [0.29, 0.717) is 11.5 Å². The summed E-state index contributed by atoms with van der Waals surface area (Å²) in [6.07, 6.45) is 14.1. The van der Waals surface area contributed by atoms with Gasteiger partial charge in [0, 0.05) is 6.42 Å². The van der Waals surface area contributed by atoms with Gasteiger partial charge in [-0.3, -0.25) is 0 Å². The number of hydrogen-bond donors (Lipinski definition) is 0. The van der Waals surface area contributed by atoms with E-state index in [2.05, 4.69) is 52.3 Å². The van der Waals surface area contributed by atoms with Crippen LogP contribution < -0.4 is 0 Å². The average Bonchev–Trinajstić information content (AvgIpc) is 2.88. The summed E-state index contributed by atoms with van der Waals surface area (Å²) in [5.41, 5.74) is 0.449. The van der Waals surface area contributed by atoms with Gasteiger partial charge in [0.2, 0.25) is 8.32 Å². The van der Waals surface area contributed by atoms with E-state index in [9.17, 15) is 0 Å². The van der Waals surface area contributed by atoms with Crippen LogP contribution in [0.3, 0.4) is 0 Å². The molecule has 7 atom stereocenters. The van der Waals surface area contributed by atoms with E-state index in [1.807, 2.05) is 0 Å². The van der Waals surface area contributed by atoms with Crippen LogP contribution in [-0.2, 0) is 8.85 Å². The largest absolute Gasteiger partial charge is 0.548 e. The lowest BCUT2D eigenvalue weighted by Crippen LogP contribution is -2.50. The third-order valence-electron chi connectivity index (χ3n) is 8.40. The zero-order valence-corrected chi connectivity index (χ0v) is 21.5. The van der Waals surface area contributed by atoms with Crippen molar-refractivity contribution >= 4 is 16.6 Å². The van der Waals surface area contributed by atoms with Crippen molar-refractivity contribution in [3.8, 4) is 0 Å². The Hall–Kier alpha value is -0.0662. The molecule has 3 fully saturated rings. The Labute approximate surface area is 176 Å². The molecule has 3 saturated carbocycles. The van der Waals surface area contributed by atoms with Crippen LogP contribution in [0.2, 0.25) is 39.3 Å². The fourth-order valence-electron chi connectivity index (χ4n) is 7.50. The fourth-order valence-corrected chi connectivity index (χ4v) is 9.69. The quantitative estimate of drug-likeness (QED) is 0.447. The highest BCUT2D eigenvalue weighted by Gasteiger charge is 2.57. The molecule has 4 rings (SSSR count). The highest BCUT2D eigenvalue weighted by molar-refractivity contribution is 6.70. The van der Waals surface area contributed by atoms with Crippen LogP contribution in [0, 0.1) is 35.0 Å². The molecule has 160 valence electrons. The van der Waals surface area contributed by atoms with Gasteiger partial charge in [0.15, 0.2) is 8.32 Å². The van der Waals surface area contributed by atoms with Crippen molar-refractivity contribution < 1.29 is 8.85 Å². The molecule has 0 saturated heterocycles. The fraction of sp³-hybridized carbons (Fsp3) is 0.917. The van der Waals surface area contributed by atoms with Crippen LogP contribution in [0.4, 0.5) is 0 Å². The Kier molecular flexibility index (Phi) is 5.49. The molecule has 4 unspecified atom stereocenters. The van der Waals surface area contributed by atoms with E-state index >= 15 is 0 Å². The number of rotatable bonds is 4. The molecule has 0 N–H and O–H groups in total. The molecule has 4 heteroatoms. The van der Waals surface area contributed by atoms with Gasteiger partial charge in [0.05, 0.1) is 11.9 Å². The van der Waals surface area contributed by atoms with Gasteiger partial charge < -0.3 is 8.85 Å². The third kappa shape index (κ3) is 4.07. The summed E-state index contributed by atoms with van der Waals surface area (Å²) >= 11 is 0. The van der Waals surface area contributed by atoms with Crippen molar-refractivity contribution in [3.05, 3.63) is 11.8 Å². The molecule has 0 aromatic heterocycles. The summed E-state index contributed by atoms with van der Waals surface area (Å²) in [5, 5.41) is 0. The van der Waals surface area contributed by atoms with E-state index in [0.717, 1.165) is 29.6 Å². The lowest BCUT2D eigenvalue weighted by Gasteiger charge is -2.55. The minimum absolute atomic E-state index is 0.449. The Morgan fingerprint density at radius 3 is 2.25 bits per heavy atom. The first-order valence-corrected chi connectivity index (χ1v) is 18.9. The van der Waals surface area contributed by atoms with E-state index in [1.54, 1.807) is 0 Å². The van der Waals surface area contributed by atoms with Crippen LogP contribution in [0.25, 0.3) is 0 Å². The Balaban J connectivity index is 1.48. The lowest BCUT2D eigenvalue weighted by molar-refractivity contribution is -0.0674. The van der Waals surface area contributed by atoms with Gasteiger partial charge in [-0.1, -0.05) is 6.92 Å². The van der Waals surface area contributed by atoms with Gasteiger partial charge in [-0.2, -0.15) is 0 Å². The summed E-state index contributed by atoms with van der Waals surface area (Å²) in [6, 6.07) is 0. The molecule has 0 aromatic rings. The van der Waals surface area contributed by atoms with Crippen LogP contribution in [0.1, 0.15) is 58.3 Å². The maximum atomic E-state index is 6.73. The molecule has 0 radical (unpaired) electrons. The van der Waals surface area contributed by atoms with E-state index in [-0.39, 0.29) is 0 Å². The highest BCUT2D eigenvalue weighted by atomic mass is 28.4. The Morgan fingerprint density at radius 2 is 1.57 bits per heavy atom. The van der Waals surface area contributed by atoms with E-state index in [4.69, 9.17) is 8.85 Å². The smallest absolute Gasteiger partial charge is 0.241 e. The first-order chi connectivity index (χ1) is 13.0. The van der Waals surface area contributed by atoms with Gasteiger partial charge in [0.1, 0.15) is 0 Å². The normalized spacial score (nSPS) is 43.6. The minimum atomic E-state index is -1.47. The second-order valence-corrected chi connectivity index (χ2v) is 21.5. The summed E-state index contributed by atoms with van der Waals surface area (Å²) in [7, 11) is -2.93. The number of allylic oxidation sites excluding steroid dienone is 2. The van der Waals surface area contributed by atoms with Crippen molar-refractivity contribution in [1.82, 2.24) is 0 Å². The van der Waals surface area contributed by atoms with Crippen molar-refractivity contribution in [1.29, 1.82) is 0 Å². The molecule has 0 aromatic carbocycles. The predicted octanol–water partition coefficient (Wildman–Crippen LogP) is 7.20. The maximum Gasteiger partial charge on any atom is 0.241 e. The van der Waals surface area contributed by atoms with Gasteiger partial charge in [-0.25, -0.2) is 0 Å². The zero-order chi connectivity index (χ0) is 20.3. The molecule has 28 heavy (non-hydrogen) atoms. The summed E-state index contributed by atoms with van der Waals surface area (Å²) < 4.78 is 13.1. The van der Waals surface area contributed by atoms with Gasteiger partial charge in [-0.15, -0.1) is 0 Å². The third-order valence-corrected chi connectivity index (χ3v) is 10.3. The van der Waals surface area contributed by atoms with Crippen molar-refractivity contribution in [2.75, 3.05) is 0 Å². The molecule has 4 aliphatic rings. The van der Waals surface area contributed by atoms with Crippen molar-refractivity contribution in [3.63, 3.8) is 0 Å². The monoisotopic (exact) mass is 420 g/mol. The van der Waals surface area contributed by atoms with Crippen LogP contribution in [-0.4, -0.2) is 22.7 Å². The summed E-state index contributed by atoms with van der Waals surface area (Å²) in [5.74, 6) is 5.90. The van der Waals surface area contributed by atoms with Crippen molar-refractivity contribution in [2.24, 2.45) is 35.0 Å². The molecular weight excluding hydrogens is 376 g/mol. The van der Waals surface area contributed by atoms with E-state index in [1.165, 1.54) is 57.1 Å². The van der Waals surface area contributed by atoms with Crippen molar-refractivity contribution in [2.45, 2.75) is 104 Å². The molecule has 2 nitrogen and oxygen atoms in total. The SMILES string of the molecule is C[C@]12CCC3C(CC[C@@H]4C=C(O[Si](C)(C)C)CCC34)C1CC[C@@H]2O[Si](C)(C)C. The van der Waals surface area contributed by atoms with Gasteiger partial charge in [0.25, 0.3) is 0 Å². The minimum Gasteiger partial charge on any atom is -0.548 e. The Morgan fingerprint density at radius 1 is 0.821 bits per heavy atom. The number of hydrogen-bond acceptors (Lipinski definition) is 2. The molecule has 4 aliphatic carbocycles. The zero-order valence-electron chi connectivity index (χ0n) is 19.5. The second-order valence-electron chi connectivity index (χ2n) is 12.6. The summed E-state index contributed by atoms with van der Waals surface area (Å²) in [4.78, 5) is 0. The van der Waals surface area contributed by atoms with Crippen LogP contribution >= 0.6 is 0 Å². The molecule has 0 amide bonds. The topological polar surface area (TPSA) is 18.5 Å². The highest BCUT2D eigenvalue weighted by Crippen LogP contribution is 2.63. The molecule has 0 heterocycles. The first kappa shape index (κ1) is 21.2. The van der Waals surface area contributed by atoms with E-state index < -0.39 is 16.6 Å². The molecule has 0 bridgehead atoms. The molecule has 0 spiro atoms. The lowest BCUT2D eigenvalue weighted by atomic mass is 9.51. The standard InChI is InChI=1S/C24H44O2Si2/c1-24-15-14-20-19-11-9-18(25-27(2,3)4)16-17(19)8-10-21(20)22(24)12-13-23(24)26-28(5,6)7/h16-17,19-23H,8-15H2,1-7H3/t17-,19?,20?,21?,22?,23+,24+/m1/s1. The van der Waals surface area contributed by atoms with Crippen LogP contribution in [0.15, 0.2) is 11.8 Å². The predicted molar refractivity (Wildman–Crippen MR) is 123 cm³/mol. The number of fused-ring (bicyclic) bond motifs is 5. The van der Waals surface area contributed by atoms with Gasteiger partial charge >= 0.3 is 0 Å². The average molecular weight is 421 g/mol. The summed E-state index contributed by atoms with van der Waals surface area (Å²) in [6.45, 7) is 16.7. The molecule has 0 aliphatic heterocycles. The first-order valence-electron chi connectivity index (χ1n) is 12.0. The van der Waals surface area contributed by atoms with Crippen LogP contribution in [0.5, 0.6) is 0 Å². The second kappa shape index (κ2) is 7.27. The maximum absolute atomic E-state index is 6.73. The Bertz CT molecular complexity index is 617. The molecular formula is C24H44O2Si2. The van der Waals surface area contributed by atoms with Gasteiger partial charge in [-0.05, 0) is 125 Å².